The average Bonchev–Trinajstić information content (AvgIpc) is 2.62. The Morgan fingerprint density at radius 1 is 1.17 bits per heavy atom. The molecule has 0 saturated heterocycles. The van der Waals surface area contributed by atoms with Gasteiger partial charge in [-0.3, -0.25) is 19.2 Å². The predicted molar refractivity (Wildman–Crippen MR) is 112 cm³/mol. The van der Waals surface area contributed by atoms with Gasteiger partial charge in [0.1, 0.15) is 6.54 Å². The van der Waals surface area contributed by atoms with Crippen LogP contribution in [0, 0.1) is 10.1 Å². The van der Waals surface area contributed by atoms with E-state index in [-0.39, 0.29) is 21.4 Å². The van der Waals surface area contributed by atoms with Crippen LogP contribution in [0.25, 0.3) is 0 Å². The van der Waals surface area contributed by atoms with Crippen LogP contribution in [-0.2, 0) is 14.8 Å². The van der Waals surface area contributed by atoms with E-state index < -0.39 is 27.4 Å². The summed E-state index contributed by atoms with van der Waals surface area (Å²) in [6.45, 7) is 1.04. The van der Waals surface area contributed by atoms with Crippen molar-refractivity contribution in [2.75, 3.05) is 17.1 Å². The number of hydrazone groups is 1. The number of carbonyl (C=O) groups is 1. The van der Waals surface area contributed by atoms with Crippen LogP contribution < -0.4 is 9.73 Å². The van der Waals surface area contributed by atoms with Crippen LogP contribution in [-0.4, -0.2) is 37.8 Å². The number of hydrogen-bond acceptors (Lipinski definition) is 6. The van der Waals surface area contributed by atoms with Gasteiger partial charge in [0.25, 0.3) is 11.6 Å². The Balaban J connectivity index is 2.15. The minimum absolute atomic E-state index is 0.0745. The first-order valence-corrected chi connectivity index (χ1v) is 10.6. The van der Waals surface area contributed by atoms with Gasteiger partial charge in [-0.15, -0.1) is 0 Å². The highest BCUT2D eigenvalue weighted by Crippen LogP contribution is 2.26. The summed E-state index contributed by atoms with van der Waals surface area (Å²) in [5, 5.41) is 15.0. The Morgan fingerprint density at radius 3 is 2.21 bits per heavy atom. The zero-order valence-electron chi connectivity index (χ0n) is 15.3. The third kappa shape index (κ3) is 6.41. The van der Waals surface area contributed by atoms with Crippen LogP contribution in [0.3, 0.4) is 0 Å². The van der Waals surface area contributed by atoms with Crippen molar-refractivity contribution in [1.82, 2.24) is 5.43 Å². The summed E-state index contributed by atoms with van der Waals surface area (Å²) in [7, 11) is -3.81. The van der Waals surface area contributed by atoms with Gasteiger partial charge in [0.2, 0.25) is 10.0 Å². The molecule has 2 aromatic carbocycles. The van der Waals surface area contributed by atoms with Crippen molar-refractivity contribution in [3.63, 3.8) is 0 Å². The first-order valence-electron chi connectivity index (χ1n) is 7.99. The Morgan fingerprint density at radius 2 is 1.72 bits per heavy atom. The number of amides is 1. The number of halogens is 2. The molecule has 0 aliphatic heterocycles. The van der Waals surface area contributed by atoms with Gasteiger partial charge in [-0.2, -0.15) is 5.10 Å². The number of nitro groups is 1. The van der Waals surface area contributed by atoms with Crippen LogP contribution in [0.5, 0.6) is 0 Å². The van der Waals surface area contributed by atoms with Crippen LogP contribution in [0.15, 0.2) is 47.6 Å². The van der Waals surface area contributed by atoms with Crippen LogP contribution >= 0.6 is 23.2 Å². The lowest BCUT2D eigenvalue weighted by Crippen LogP contribution is -2.39. The van der Waals surface area contributed by atoms with E-state index in [1.54, 1.807) is 6.92 Å². The maximum absolute atomic E-state index is 12.2. The molecule has 0 atom stereocenters. The van der Waals surface area contributed by atoms with Crippen LogP contribution in [0.4, 0.5) is 11.4 Å². The van der Waals surface area contributed by atoms with Crippen molar-refractivity contribution in [3.05, 3.63) is 68.2 Å². The lowest BCUT2D eigenvalue weighted by molar-refractivity contribution is -0.384. The molecule has 0 aliphatic rings. The summed E-state index contributed by atoms with van der Waals surface area (Å²) in [5.74, 6) is -0.701. The Kier molecular flexibility index (Phi) is 7.17. The largest absolute Gasteiger partial charge is 0.271 e. The molecule has 2 rings (SSSR count). The van der Waals surface area contributed by atoms with Gasteiger partial charge in [0.05, 0.1) is 22.6 Å². The molecule has 12 heteroatoms. The second-order valence-electron chi connectivity index (χ2n) is 5.93. The molecule has 0 fully saturated rings. The van der Waals surface area contributed by atoms with E-state index in [0.29, 0.717) is 11.3 Å². The Bertz CT molecular complexity index is 1050. The molecule has 0 aliphatic carbocycles. The van der Waals surface area contributed by atoms with E-state index in [2.05, 4.69) is 10.5 Å². The summed E-state index contributed by atoms with van der Waals surface area (Å²) in [5.41, 5.74) is 3.26. The Hall–Kier alpha value is -2.69. The number of nitro benzene ring substituents is 1. The summed E-state index contributed by atoms with van der Waals surface area (Å²) in [6, 6.07) is 9.76. The van der Waals surface area contributed by atoms with Gasteiger partial charge in [0.15, 0.2) is 0 Å². The van der Waals surface area contributed by atoms with Crippen molar-refractivity contribution in [3.8, 4) is 0 Å². The number of anilines is 1. The fourth-order valence-electron chi connectivity index (χ4n) is 2.28. The van der Waals surface area contributed by atoms with Gasteiger partial charge in [0, 0.05) is 22.2 Å². The van der Waals surface area contributed by atoms with Crippen molar-refractivity contribution >= 4 is 56.2 Å². The van der Waals surface area contributed by atoms with E-state index in [9.17, 15) is 23.3 Å². The average molecular weight is 459 g/mol. The highest BCUT2D eigenvalue weighted by atomic mass is 35.5. The van der Waals surface area contributed by atoms with Crippen LogP contribution in [0.2, 0.25) is 10.0 Å². The fourth-order valence-corrected chi connectivity index (χ4v) is 3.64. The molecule has 2 aromatic rings. The maximum atomic E-state index is 12.2. The highest BCUT2D eigenvalue weighted by molar-refractivity contribution is 7.92. The number of benzene rings is 2. The van der Waals surface area contributed by atoms with E-state index in [1.165, 1.54) is 42.5 Å². The molecule has 1 amide bonds. The molecule has 0 saturated carbocycles. The molecule has 1 N–H and O–H groups in total. The zero-order chi connectivity index (χ0) is 21.8. The summed E-state index contributed by atoms with van der Waals surface area (Å²) >= 11 is 11.8. The number of hydrogen-bond donors (Lipinski definition) is 1. The SMILES string of the molecule is C/C(=N/NC(=O)CN(c1cc(Cl)cc(Cl)c1)S(C)(=O)=O)c1ccc([N+](=O)[O-])cc1. The van der Waals surface area contributed by atoms with E-state index in [4.69, 9.17) is 23.2 Å². The third-order valence-electron chi connectivity index (χ3n) is 3.67. The number of nitrogens with one attached hydrogen (secondary N) is 1. The van der Waals surface area contributed by atoms with Gasteiger partial charge < -0.3 is 0 Å². The normalized spacial score (nSPS) is 11.8. The monoisotopic (exact) mass is 458 g/mol. The smallest absolute Gasteiger partial charge is 0.269 e. The van der Waals surface area contributed by atoms with Gasteiger partial charge in [-0.05, 0) is 42.8 Å². The van der Waals surface area contributed by atoms with E-state index >= 15 is 0 Å². The minimum atomic E-state index is -3.81. The second-order valence-corrected chi connectivity index (χ2v) is 8.71. The van der Waals surface area contributed by atoms with E-state index in [0.717, 1.165) is 10.6 Å². The first-order chi connectivity index (χ1) is 13.5. The molecule has 154 valence electrons. The summed E-state index contributed by atoms with van der Waals surface area (Å²) < 4.78 is 25.1. The fraction of sp³-hybridized carbons (Fsp3) is 0.176. The molecule has 9 nitrogen and oxygen atoms in total. The molecule has 29 heavy (non-hydrogen) atoms. The van der Waals surface area contributed by atoms with Crippen molar-refractivity contribution in [1.29, 1.82) is 0 Å². The zero-order valence-corrected chi connectivity index (χ0v) is 17.6. The molecule has 0 heterocycles. The van der Waals surface area contributed by atoms with Crippen molar-refractivity contribution in [2.24, 2.45) is 5.10 Å². The molecular formula is C17H16Cl2N4O5S. The highest BCUT2D eigenvalue weighted by Gasteiger charge is 2.21. The Labute approximate surface area is 177 Å². The van der Waals surface area contributed by atoms with Gasteiger partial charge in [-0.25, -0.2) is 13.8 Å². The van der Waals surface area contributed by atoms with Crippen LogP contribution in [0.1, 0.15) is 12.5 Å². The molecule has 0 bridgehead atoms. The molecule has 0 unspecified atom stereocenters. The number of sulfonamides is 1. The maximum Gasteiger partial charge on any atom is 0.269 e. The minimum Gasteiger partial charge on any atom is -0.271 e. The van der Waals surface area contributed by atoms with E-state index in [1.807, 2.05) is 0 Å². The van der Waals surface area contributed by atoms with Crippen molar-refractivity contribution in [2.45, 2.75) is 6.92 Å². The summed E-state index contributed by atoms with van der Waals surface area (Å²) in [6.07, 6.45) is 0.945. The molecule has 0 spiro atoms. The third-order valence-corrected chi connectivity index (χ3v) is 5.24. The number of carbonyl (C=O) groups excluding carboxylic acids is 1. The number of non-ortho nitro benzene ring substituents is 1. The topological polar surface area (TPSA) is 122 Å². The van der Waals surface area contributed by atoms with Crippen molar-refractivity contribution < 1.29 is 18.1 Å². The number of nitrogens with zero attached hydrogens (tertiary/aromatic N) is 3. The molecular weight excluding hydrogens is 443 g/mol. The lowest BCUT2D eigenvalue weighted by Gasteiger charge is -2.21. The second kappa shape index (κ2) is 9.21. The summed E-state index contributed by atoms with van der Waals surface area (Å²) in [4.78, 5) is 22.4. The molecule has 0 aromatic heterocycles. The van der Waals surface area contributed by atoms with Gasteiger partial charge >= 0.3 is 0 Å². The number of rotatable bonds is 7. The predicted octanol–water partition coefficient (Wildman–Crippen LogP) is 3.21. The van der Waals surface area contributed by atoms with Gasteiger partial charge in [-0.1, -0.05) is 23.2 Å². The molecule has 0 radical (unpaired) electrons. The quantitative estimate of drug-likeness (QED) is 0.387. The first kappa shape index (κ1) is 22.6. The standard InChI is InChI=1S/C17H16Cl2N4O5S/c1-11(12-3-5-15(6-4-12)23(25)26)20-21-17(24)10-22(29(2,27)28)16-8-13(18)7-14(19)9-16/h3-9H,10H2,1-2H3,(H,21,24)/b20-11-. The lowest BCUT2D eigenvalue weighted by atomic mass is 10.1.